The van der Waals surface area contributed by atoms with Crippen LogP contribution in [0.25, 0.3) is 0 Å². The average Bonchev–Trinajstić information content (AvgIpc) is 2.37. The topological polar surface area (TPSA) is 66.2 Å². The fourth-order valence-electron chi connectivity index (χ4n) is 0.482. The van der Waals surface area contributed by atoms with Crippen molar-refractivity contribution in [2.75, 3.05) is 7.11 Å². The van der Waals surface area contributed by atoms with Crippen molar-refractivity contribution in [2.45, 2.75) is 13.8 Å². The predicted octanol–water partition coefficient (Wildman–Crippen LogP) is 1.29. The molecular weight excluding hydrogens is 267 g/mol. The minimum Gasteiger partial charge on any atom is -0.545 e. The van der Waals surface area contributed by atoms with Gasteiger partial charge in [0, 0.05) is 39.8 Å². The second-order valence-electron chi connectivity index (χ2n) is 1.70. The van der Waals surface area contributed by atoms with Crippen LogP contribution in [0.15, 0.2) is 4.42 Å². The fraction of sp³-hybridized carbons (Fsp3) is 0.429. The van der Waals surface area contributed by atoms with Crippen molar-refractivity contribution >= 4 is 19.0 Å². The fourth-order valence-corrected chi connectivity index (χ4v) is 0.760. The van der Waals surface area contributed by atoms with Gasteiger partial charge in [-0.1, -0.05) is 0 Å². The predicted molar refractivity (Wildman–Crippen MR) is 48.3 cm³/mol. The Hall–Kier alpha value is 0.164. The third kappa shape index (κ3) is 8.49. The molecule has 1 aromatic rings. The number of aromatic amines is 1. The molecule has 1 heterocycles. The zero-order valence-electron chi connectivity index (χ0n) is 7.83. The second-order valence-corrected chi connectivity index (χ2v) is 2.07. The number of nitrogens with one attached hydrogen (secondary N) is 1. The zero-order valence-corrected chi connectivity index (χ0v) is 11.5. The Balaban J connectivity index is -0.000000178. The average molecular weight is 279 g/mol. The second kappa shape index (κ2) is 12.2. The maximum Gasteiger partial charge on any atom is 0.266 e. The summed E-state index contributed by atoms with van der Waals surface area (Å²) >= 11 is 4.70. The first-order valence-electron chi connectivity index (χ1n) is 3.05. The molecule has 0 aliphatic heterocycles. The van der Waals surface area contributed by atoms with Crippen LogP contribution < -0.4 is 0 Å². The molecule has 73 valence electrons. The van der Waals surface area contributed by atoms with Gasteiger partial charge in [0.05, 0.1) is 5.69 Å². The molecule has 1 rings (SSSR count). The smallest absolute Gasteiger partial charge is 0.266 e. The van der Waals surface area contributed by atoms with Crippen LogP contribution in [0.1, 0.15) is 11.5 Å². The van der Waals surface area contributed by atoms with Gasteiger partial charge < -0.3 is 19.3 Å². The molecule has 0 spiro atoms. The van der Waals surface area contributed by atoms with Crippen LogP contribution in [-0.2, 0) is 37.5 Å². The third-order valence-electron chi connectivity index (χ3n) is 1.06. The Bertz CT molecular complexity index is 236. The Morgan fingerprint density at radius 2 is 1.77 bits per heavy atom. The molecule has 0 saturated carbocycles. The minimum atomic E-state index is 0. The molecule has 0 saturated heterocycles. The summed E-state index contributed by atoms with van der Waals surface area (Å²) in [5.74, 6) is 0.870. The monoisotopic (exact) mass is 279 g/mol. The molecule has 13 heavy (non-hydrogen) atoms. The first-order valence-corrected chi connectivity index (χ1v) is 3.45. The summed E-state index contributed by atoms with van der Waals surface area (Å²) < 4.78 is 4.97. The molecule has 1 aromatic heterocycles. The van der Waals surface area contributed by atoms with E-state index in [1.807, 2.05) is 13.8 Å². The molecule has 0 aliphatic rings. The Morgan fingerprint density at radius 3 is 1.85 bits per heavy atom. The van der Waals surface area contributed by atoms with Crippen LogP contribution in [0.4, 0.5) is 0 Å². The van der Waals surface area contributed by atoms with E-state index in [1.165, 1.54) is 0 Å². The molecule has 0 bridgehead atoms. The standard InChI is InChI=1S/C5H7NOS.CH4O.CHO.Y/c1-3-4(2)7-5(8)6-3;2*1-2;/h1-2H3,(H,6,8);2H,1H3;1H;/q;;-1;. The van der Waals surface area contributed by atoms with Gasteiger partial charge in [-0.05, 0) is 26.1 Å². The normalized spacial score (nSPS) is 6.77. The number of aryl methyl sites for hydroxylation is 2. The molecule has 2 N–H and O–H groups in total. The van der Waals surface area contributed by atoms with Crippen molar-refractivity contribution in [3.63, 3.8) is 0 Å². The van der Waals surface area contributed by atoms with Gasteiger partial charge in [-0.3, -0.25) is 6.79 Å². The SMILES string of the molecule is CO.Cc1[nH]c(=S)oc1C.[CH-]=O.[Y]. The van der Waals surface area contributed by atoms with Crippen molar-refractivity contribution in [1.29, 1.82) is 0 Å². The van der Waals surface area contributed by atoms with Gasteiger partial charge in [0.1, 0.15) is 5.76 Å². The number of aliphatic hydroxyl groups excluding tert-OH is 1. The van der Waals surface area contributed by atoms with E-state index in [2.05, 4.69) is 11.8 Å². The van der Waals surface area contributed by atoms with Crippen LogP contribution in [-0.4, -0.2) is 24.0 Å². The number of oxazole rings is 1. The molecule has 0 unspecified atom stereocenters. The van der Waals surface area contributed by atoms with Gasteiger partial charge in [-0.15, -0.1) is 0 Å². The molecule has 0 fully saturated rings. The summed E-state index contributed by atoms with van der Waals surface area (Å²) in [6.07, 6.45) is 0. The van der Waals surface area contributed by atoms with E-state index >= 15 is 0 Å². The number of aliphatic hydroxyl groups is 1. The molecule has 0 amide bonds. The van der Waals surface area contributed by atoms with E-state index in [4.69, 9.17) is 26.5 Å². The quantitative estimate of drug-likeness (QED) is 0.426. The summed E-state index contributed by atoms with van der Waals surface area (Å²) in [6, 6.07) is 0. The number of aromatic nitrogens is 1. The summed E-state index contributed by atoms with van der Waals surface area (Å²) in [5, 5.41) is 7.00. The van der Waals surface area contributed by atoms with Crippen molar-refractivity contribution in [3.8, 4) is 0 Å². The number of H-pyrrole nitrogens is 1. The van der Waals surface area contributed by atoms with Crippen molar-refractivity contribution in [2.24, 2.45) is 0 Å². The van der Waals surface area contributed by atoms with E-state index in [0.717, 1.165) is 18.6 Å². The molecule has 0 aromatic carbocycles. The van der Waals surface area contributed by atoms with E-state index in [-0.39, 0.29) is 32.7 Å². The van der Waals surface area contributed by atoms with Gasteiger partial charge in [0.15, 0.2) is 0 Å². The van der Waals surface area contributed by atoms with Gasteiger partial charge >= 0.3 is 0 Å². The molecule has 1 radical (unpaired) electrons. The number of hydrogen-bond acceptors (Lipinski definition) is 4. The first-order chi connectivity index (χ1) is 5.70. The Labute approximate surface area is 108 Å². The third-order valence-corrected chi connectivity index (χ3v) is 1.25. The van der Waals surface area contributed by atoms with Crippen molar-refractivity contribution in [1.82, 2.24) is 4.98 Å². The Kier molecular flexibility index (Phi) is 17.6. The van der Waals surface area contributed by atoms with Gasteiger partial charge in [0.2, 0.25) is 0 Å². The largest absolute Gasteiger partial charge is 0.545 e. The minimum absolute atomic E-state index is 0. The summed E-state index contributed by atoms with van der Waals surface area (Å²) in [6.45, 7) is 7.05. The number of carbonyl (C=O) groups excluding carboxylic acids is 1. The molecular formula is C7H12NO3SY-. The summed E-state index contributed by atoms with van der Waals surface area (Å²) in [4.78, 5) is 11.1. The van der Waals surface area contributed by atoms with E-state index in [0.29, 0.717) is 4.84 Å². The molecule has 0 atom stereocenters. The van der Waals surface area contributed by atoms with Gasteiger partial charge in [-0.25, -0.2) is 0 Å². The number of rotatable bonds is 0. The van der Waals surface area contributed by atoms with Crippen LogP contribution in [0, 0.1) is 18.7 Å². The van der Waals surface area contributed by atoms with Crippen LogP contribution in [0.5, 0.6) is 0 Å². The molecule has 0 aliphatic carbocycles. The van der Waals surface area contributed by atoms with Crippen LogP contribution >= 0.6 is 12.2 Å². The summed E-state index contributed by atoms with van der Waals surface area (Å²) in [5.41, 5.74) is 1.01. The maximum atomic E-state index is 7.75. The summed E-state index contributed by atoms with van der Waals surface area (Å²) in [7, 11) is 1.00. The zero-order chi connectivity index (χ0) is 10.1. The molecule has 4 nitrogen and oxygen atoms in total. The van der Waals surface area contributed by atoms with E-state index < -0.39 is 0 Å². The number of hydrogen-bond donors (Lipinski definition) is 2. The molecule has 6 heteroatoms. The Morgan fingerprint density at radius 1 is 1.38 bits per heavy atom. The van der Waals surface area contributed by atoms with Gasteiger partial charge in [0.25, 0.3) is 4.84 Å². The van der Waals surface area contributed by atoms with Crippen LogP contribution in [0.3, 0.4) is 0 Å². The van der Waals surface area contributed by atoms with Crippen LogP contribution in [0.2, 0.25) is 0 Å². The first kappa shape index (κ1) is 18.9. The van der Waals surface area contributed by atoms with E-state index in [9.17, 15) is 0 Å². The maximum absolute atomic E-state index is 7.75. The van der Waals surface area contributed by atoms with Gasteiger partial charge in [-0.2, -0.15) is 0 Å². The van der Waals surface area contributed by atoms with Crippen molar-refractivity contribution < 1.29 is 47.0 Å². The van der Waals surface area contributed by atoms with E-state index in [1.54, 1.807) is 0 Å². The van der Waals surface area contributed by atoms with Crippen molar-refractivity contribution in [3.05, 3.63) is 16.3 Å².